The molecule has 11 heteroatoms. The molecule has 1 heterocycles. The number of aliphatic hydroxyl groups excluding tert-OH is 5. The van der Waals surface area contributed by atoms with Crippen LogP contribution >= 0.6 is 0 Å². The monoisotopic (exact) mass is 1130 g/mol. The summed E-state index contributed by atoms with van der Waals surface area (Å²) in [6, 6.07) is -1.05. The molecule has 1 aliphatic heterocycles. The third kappa shape index (κ3) is 44.3. The van der Waals surface area contributed by atoms with Crippen LogP contribution in [0.4, 0.5) is 0 Å². The van der Waals surface area contributed by atoms with E-state index in [1.807, 2.05) is 6.08 Å². The van der Waals surface area contributed by atoms with Crippen molar-refractivity contribution in [2.24, 2.45) is 0 Å². The lowest BCUT2D eigenvalue weighted by molar-refractivity contribution is -0.305. The number of hydrogen-bond acceptors (Lipinski definition) is 10. The average Bonchev–Trinajstić information content (AvgIpc) is 3.50. The van der Waals surface area contributed by atoms with Gasteiger partial charge in [-0.25, -0.2) is 0 Å². The molecule has 6 N–H and O–H groups in total. The Morgan fingerprint density at radius 1 is 0.494 bits per heavy atom. The van der Waals surface area contributed by atoms with Gasteiger partial charge in [0.15, 0.2) is 12.4 Å². The van der Waals surface area contributed by atoms with E-state index in [-0.39, 0.29) is 19.4 Å². The zero-order valence-electron chi connectivity index (χ0n) is 51.1. The minimum atomic E-state index is -1.64. The zero-order chi connectivity index (χ0) is 58.9. The van der Waals surface area contributed by atoms with Crippen LogP contribution in [0.2, 0.25) is 0 Å². The van der Waals surface area contributed by atoms with E-state index in [1.165, 1.54) is 77.0 Å². The van der Waals surface area contributed by atoms with Crippen LogP contribution in [0.3, 0.4) is 0 Å². The highest BCUT2D eigenvalue weighted by molar-refractivity contribution is 5.80. The van der Waals surface area contributed by atoms with Crippen LogP contribution in [0.5, 0.6) is 0 Å². The summed E-state index contributed by atoms with van der Waals surface area (Å²) in [6.07, 6.45) is 68.0. The van der Waals surface area contributed by atoms with Crippen LogP contribution in [0.15, 0.2) is 122 Å². The fourth-order valence-electron chi connectivity index (χ4n) is 9.25. The number of nitrogens with one attached hydrogen (secondary N) is 1. The Hall–Kier alpha value is -3.94. The Labute approximate surface area is 493 Å². The van der Waals surface area contributed by atoms with E-state index in [0.717, 1.165) is 122 Å². The van der Waals surface area contributed by atoms with E-state index >= 15 is 0 Å². The Balaban J connectivity index is 2.68. The summed E-state index contributed by atoms with van der Waals surface area (Å²) >= 11 is 0. The third-order valence-corrected chi connectivity index (χ3v) is 14.3. The van der Waals surface area contributed by atoms with Crippen molar-refractivity contribution >= 4 is 11.9 Å². The molecular weight excluding hydrogens is 1010 g/mol. The molecule has 462 valence electrons. The fraction of sp³-hybridized carbons (Fsp3) is 0.686. The first-order valence-corrected chi connectivity index (χ1v) is 32.3. The molecule has 8 atom stereocenters. The van der Waals surface area contributed by atoms with Crippen LogP contribution < -0.4 is 5.32 Å². The molecule has 11 nitrogen and oxygen atoms in total. The SMILES string of the molecule is CC/C=C\C/C=C\C/C=C\C/C=C\C/C=C\C/C=C\CCCCC(=O)OC1C(OCC(NC(=O)C(O)CCCCCCCCC/C=C\C/C=C\C/C=C\CCCCC)C(O)/C=C/CCCCCCCCCCC)OC(CO)C(O)C1O. The number of unbranched alkanes of at least 4 members (excludes halogenated alkanes) is 21. The van der Waals surface area contributed by atoms with Crippen LogP contribution in [-0.2, 0) is 23.8 Å². The number of hydrogen-bond donors (Lipinski definition) is 6. The first-order valence-electron chi connectivity index (χ1n) is 32.3. The summed E-state index contributed by atoms with van der Waals surface area (Å²) in [4.78, 5) is 26.6. The molecule has 0 bridgehead atoms. The van der Waals surface area contributed by atoms with Gasteiger partial charge in [0.2, 0.25) is 5.91 Å². The van der Waals surface area contributed by atoms with E-state index in [4.69, 9.17) is 14.2 Å². The summed E-state index contributed by atoms with van der Waals surface area (Å²) in [5.41, 5.74) is 0. The van der Waals surface area contributed by atoms with Gasteiger partial charge in [-0.2, -0.15) is 0 Å². The summed E-state index contributed by atoms with van der Waals surface area (Å²) in [6.45, 7) is 5.61. The highest BCUT2D eigenvalue weighted by Gasteiger charge is 2.47. The molecule has 0 aromatic heterocycles. The molecule has 1 aliphatic rings. The maximum atomic E-state index is 13.4. The lowest BCUT2D eigenvalue weighted by atomic mass is 9.99. The first kappa shape index (κ1) is 75.1. The van der Waals surface area contributed by atoms with Gasteiger partial charge in [-0.3, -0.25) is 9.59 Å². The van der Waals surface area contributed by atoms with Crippen molar-refractivity contribution in [1.82, 2.24) is 5.32 Å². The van der Waals surface area contributed by atoms with E-state index < -0.39 is 67.4 Å². The summed E-state index contributed by atoms with van der Waals surface area (Å²) in [5, 5.41) is 57.0. The van der Waals surface area contributed by atoms with Crippen molar-refractivity contribution in [3.05, 3.63) is 122 Å². The Morgan fingerprint density at radius 2 is 0.889 bits per heavy atom. The lowest BCUT2D eigenvalue weighted by Gasteiger charge is -2.41. The van der Waals surface area contributed by atoms with Crippen LogP contribution in [0.1, 0.15) is 245 Å². The minimum Gasteiger partial charge on any atom is -0.454 e. The number of rotatable bonds is 53. The zero-order valence-corrected chi connectivity index (χ0v) is 51.1. The number of carbonyl (C=O) groups is 2. The van der Waals surface area contributed by atoms with E-state index in [9.17, 15) is 35.1 Å². The molecule has 0 aromatic carbocycles. The van der Waals surface area contributed by atoms with Crippen molar-refractivity contribution in [3.8, 4) is 0 Å². The molecule has 0 saturated carbocycles. The second kappa shape index (κ2) is 56.5. The molecule has 81 heavy (non-hydrogen) atoms. The number of esters is 1. The van der Waals surface area contributed by atoms with Gasteiger partial charge in [0, 0.05) is 6.42 Å². The molecule has 0 spiro atoms. The molecule has 1 saturated heterocycles. The van der Waals surface area contributed by atoms with Gasteiger partial charge in [0.25, 0.3) is 0 Å². The smallest absolute Gasteiger partial charge is 0.306 e. The second-order valence-electron chi connectivity index (χ2n) is 21.8. The van der Waals surface area contributed by atoms with Gasteiger partial charge < -0.3 is 45.1 Å². The molecule has 8 unspecified atom stereocenters. The second-order valence-corrected chi connectivity index (χ2v) is 21.8. The maximum Gasteiger partial charge on any atom is 0.306 e. The lowest BCUT2D eigenvalue weighted by Crippen LogP contribution is -2.61. The summed E-state index contributed by atoms with van der Waals surface area (Å²) in [7, 11) is 0. The molecule has 0 aliphatic carbocycles. The molecule has 0 aromatic rings. The molecule has 1 amide bonds. The Bertz CT molecular complexity index is 1780. The van der Waals surface area contributed by atoms with Gasteiger partial charge in [-0.05, 0) is 116 Å². The predicted octanol–water partition coefficient (Wildman–Crippen LogP) is 15.8. The van der Waals surface area contributed by atoms with Gasteiger partial charge in [0.1, 0.15) is 24.4 Å². The molecular formula is C70H117NO10. The quantitative estimate of drug-likeness (QED) is 0.0195. The summed E-state index contributed by atoms with van der Waals surface area (Å²) in [5.74, 6) is -1.26. The first-order chi connectivity index (χ1) is 39.7. The normalized spacial score (nSPS) is 19.5. The van der Waals surface area contributed by atoms with Crippen LogP contribution in [-0.4, -0.2) is 99.6 Å². The van der Waals surface area contributed by atoms with Gasteiger partial charge in [-0.15, -0.1) is 0 Å². The standard InChI is InChI=1S/C70H117NO10/c1-4-7-10-13-16-19-22-24-26-28-30-32-34-36-38-40-43-46-49-52-55-58-65(75)81-68-67(77)66(76)64(59-72)80-70(68)79-60-61(62(73)56-53-50-47-44-41-21-18-15-12-9-6-3)71-69(78)63(74)57-54-51-48-45-42-39-37-35-33-31-29-27-25-23-20-17-14-11-8-5-2/h7,10,16-17,19-20,24-27,30-33,36,38,43,46,53,56,61-64,66-68,70,72-74,76-77H,4-6,8-9,11-15,18,21-23,28-29,34-35,37,39-42,44-45,47-52,54-55,57-60H2,1-3H3,(H,71,78)/b10-7-,19-16-,20-17-,26-24-,27-25-,32-30-,33-31-,38-36-,46-43-,56-53+. The fourth-order valence-corrected chi connectivity index (χ4v) is 9.25. The van der Waals surface area contributed by atoms with Crippen LogP contribution in [0, 0.1) is 0 Å². The van der Waals surface area contributed by atoms with Gasteiger partial charge in [-0.1, -0.05) is 245 Å². The topological polar surface area (TPSA) is 175 Å². The predicted molar refractivity (Wildman–Crippen MR) is 338 cm³/mol. The van der Waals surface area contributed by atoms with E-state index in [2.05, 4.69) is 135 Å². The third-order valence-electron chi connectivity index (χ3n) is 14.3. The summed E-state index contributed by atoms with van der Waals surface area (Å²) < 4.78 is 17.6. The Kier molecular flexibility index (Phi) is 52.4. The van der Waals surface area contributed by atoms with Gasteiger partial charge >= 0.3 is 5.97 Å². The largest absolute Gasteiger partial charge is 0.454 e. The van der Waals surface area contributed by atoms with Crippen molar-refractivity contribution < 1.29 is 49.3 Å². The number of ether oxygens (including phenoxy) is 3. The Morgan fingerprint density at radius 3 is 1.36 bits per heavy atom. The average molecular weight is 1130 g/mol. The maximum absolute atomic E-state index is 13.4. The number of carbonyl (C=O) groups excluding carboxylic acids is 2. The molecule has 1 fully saturated rings. The number of amides is 1. The molecule has 0 radical (unpaired) electrons. The number of allylic oxidation sites excluding steroid dienone is 19. The highest BCUT2D eigenvalue weighted by atomic mass is 16.7. The molecule has 1 rings (SSSR count). The van der Waals surface area contributed by atoms with E-state index in [0.29, 0.717) is 12.8 Å². The van der Waals surface area contributed by atoms with E-state index in [1.54, 1.807) is 6.08 Å². The van der Waals surface area contributed by atoms with Crippen molar-refractivity contribution in [2.45, 2.75) is 294 Å². The van der Waals surface area contributed by atoms with Crippen molar-refractivity contribution in [2.75, 3.05) is 13.2 Å². The van der Waals surface area contributed by atoms with Crippen molar-refractivity contribution in [1.29, 1.82) is 0 Å². The highest BCUT2D eigenvalue weighted by Crippen LogP contribution is 2.26. The minimum absolute atomic E-state index is 0.0610. The van der Waals surface area contributed by atoms with Gasteiger partial charge in [0.05, 0.1) is 25.4 Å². The van der Waals surface area contributed by atoms with Crippen LogP contribution in [0.25, 0.3) is 0 Å². The number of aliphatic hydroxyl groups is 5. The van der Waals surface area contributed by atoms with Crippen molar-refractivity contribution in [3.63, 3.8) is 0 Å².